The summed E-state index contributed by atoms with van der Waals surface area (Å²) < 4.78 is 43.9. The Morgan fingerprint density at radius 1 is 1.37 bits per heavy atom. The van der Waals surface area contributed by atoms with Crippen LogP contribution in [-0.2, 0) is 6.18 Å². The number of carbonyl (C=O) groups is 1. The van der Waals surface area contributed by atoms with Crippen molar-refractivity contribution >= 4 is 5.91 Å². The van der Waals surface area contributed by atoms with Crippen LogP contribution in [0.3, 0.4) is 0 Å². The van der Waals surface area contributed by atoms with Gasteiger partial charge in [-0.15, -0.1) is 0 Å². The first-order valence-corrected chi connectivity index (χ1v) is 5.75. The SMILES string of the molecule is CN(C)C(=O)c1ccc(OC2CC2)c(C(F)(F)F)n1. The Morgan fingerprint density at radius 3 is 2.47 bits per heavy atom. The minimum atomic E-state index is -4.65. The van der Waals surface area contributed by atoms with Crippen molar-refractivity contribution in [3.05, 3.63) is 23.5 Å². The van der Waals surface area contributed by atoms with E-state index in [0.717, 1.165) is 18.9 Å². The van der Waals surface area contributed by atoms with E-state index in [1.807, 2.05) is 0 Å². The Bertz CT molecular complexity index is 496. The van der Waals surface area contributed by atoms with Crippen LogP contribution in [0.15, 0.2) is 12.1 Å². The maximum Gasteiger partial charge on any atom is 0.437 e. The highest BCUT2D eigenvalue weighted by molar-refractivity contribution is 5.92. The lowest BCUT2D eigenvalue weighted by atomic mass is 10.2. The topological polar surface area (TPSA) is 42.4 Å². The van der Waals surface area contributed by atoms with E-state index in [2.05, 4.69) is 4.98 Å². The lowest BCUT2D eigenvalue weighted by Crippen LogP contribution is -2.24. The first-order chi connectivity index (χ1) is 8.79. The van der Waals surface area contributed by atoms with E-state index in [4.69, 9.17) is 4.74 Å². The van der Waals surface area contributed by atoms with E-state index in [0.29, 0.717) is 0 Å². The molecular formula is C12H13F3N2O2. The highest BCUT2D eigenvalue weighted by Gasteiger charge is 2.39. The largest absolute Gasteiger partial charge is 0.488 e. The van der Waals surface area contributed by atoms with Gasteiger partial charge in [-0.05, 0) is 25.0 Å². The molecule has 0 atom stereocenters. The summed E-state index contributed by atoms with van der Waals surface area (Å²) in [5.41, 5.74) is -1.40. The smallest absolute Gasteiger partial charge is 0.437 e. The monoisotopic (exact) mass is 274 g/mol. The summed E-state index contributed by atoms with van der Waals surface area (Å²) in [5, 5.41) is 0. The molecule has 1 aromatic heterocycles. The van der Waals surface area contributed by atoms with Gasteiger partial charge in [-0.3, -0.25) is 4.79 Å². The van der Waals surface area contributed by atoms with Crippen LogP contribution in [0.4, 0.5) is 13.2 Å². The molecule has 7 heteroatoms. The van der Waals surface area contributed by atoms with E-state index in [9.17, 15) is 18.0 Å². The molecule has 1 heterocycles. The van der Waals surface area contributed by atoms with Crippen molar-refractivity contribution in [1.82, 2.24) is 9.88 Å². The predicted octanol–water partition coefficient (Wildman–Crippen LogP) is 2.34. The summed E-state index contributed by atoms with van der Waals surface area (Å²) in [5.74, 6) is -0.895. The van der Waals surface area contributed by atoms with E-state index < -0.39 is 17.8 Å². The molecule has 4 nitrogen and oxygen atoms in total. The number of nitrogens with zero attached hydrogens (tertiary/aromatic N) is 2. The zero-order valence-corrected chi connectivity index (χ0v) is 10.5. The average Bonchev–Trinajstić information content (AvgIpc) is 3.11. The summed E-state index contributed by atoms with van der Waals surface area (Å²) in [6, 6.07) is 2.40. The molecule has 2 rings (SSSR count). The van der Waals surface area contributed by atoms with Crippen molar-refractivity contribution in [2.45, 2.75) is 25.1 Å². The van der Waals surface area contributed by atoms with E-state index in [1.54, 1.807) is 0 Å². The van der Waals surface area contributed by atoms with Gasteiger partial charge >= 0.3 is 6.18 Å². The van der Waals surface area contributed by atoms with Crippen LogP contribution in [0, 0.1) is 0 Å². The number of carbonyl (C=O) groups excluding carboxylic acids is 1. The summed E-state index contributed by atoms with van der Waals surface area (Å²) in [4.78, 5) is 16.2. The Labute approximate surface area is 108 Å². The van der Waals surface area contributed by atoms with Crippen LogP contribution in [0.25, 0.3) is 0 Å². The van der Waals surface area contributed by atoms with Crippen LogP contribution in [0.5, 0.6) is 5.75 Å². The van der Waals surface area contributed by atoms with Gasteiger partial charge in [-0.25, -0.2) is 4.98 Å². The second kappa shape index (κ2) is 4.71. The van der Waals surface area contributed by atoms with Crippen molar-refractivity contribution in [1.29, 1.82) is 0 Å². The lowest BCUT2D eigenvalue weighted by molar-refractivity contribution is -0.142. The van der Waals surface area contributed by atoms with Gasteiger partial charge < -0.3 is 9.64 Å². The summed E-state index contributed by atoms with van der Waals surface area (Å²) in [7, 11) is 2.90. The van der Waals surface area contributed by atoms with Gasteiger partial charge in [0.1, 0.15) is 5.69 Å². The van der Waals surface area contributed by atoms with Gasteiger partial charge in [0.15, 0.2) is 11.4 Å². The molecule has 19 heavy (non-hydrogen) atoms. The Balaban J connectivity index is 2.37. The Hall–Kier alpha value is -1.79. The molecule has 1 aliphatic rings. The average molecular weight is 274 g/mol. The minimum absolute atomic E-state index is 0.168. The molecule has 1 amide bonds. The molecule has 1 aliphatic carbocycles. The quantitative estimate of drug-likeness (QED) is 0.849. The van der Waals surface area contributed by atoms with Crippen LogP contribution in [-0.4, -0.2) is 36.0 Å². The zero-order valence-electron chi connectivity index (χ0n) is 10.5. The first kappa shape index (κ1) is 13.6. The molecule has 0 N–H and O–H groups in total. The second-order valence-electron chi connectivity index (χ2n) is 4.56. The van der Waals surface area contributed by atoms with Crippen LogP contribution < -0.4 is 4.74 Å². The summed E-state index contributed by atoms with van der Waals surface area (Å²) >= 11 is 0. The molecule has 0 saturated heterocycles. The standard InChI is InChI=1S/C12H13F3N2O2/c1-17(2)11(18)8-5-6-9(19-7-3-4-7)10(16-8)12(13,14)15/h5-7H,3-4H2,1-2H3. The van der Waals surface area contributed by atoms with Crippen molar-refractivity contribution in [3.8, 4) is 5.75 Å². The molecule has 0 aliphatic heterocycles. The molecule has 1 aromatic rings. The van der Waals surface area contributed by atoms with Crippen molar-refractivity contribution in [2.75, 3.05) is 14.1 Å². The number of hydrogen-bond donors (Lipinski definition) is 0. The van der Waals surface area contributed by atoms with Gasteiger partial charge in [0.2, 0.25) is 0 Å². The van der Waals surface area contributed by atoms with Crippen LogP contribution in [0.2, 0.25) is 0 Å². The molecule has 0 radical (unpaired) electrons. The molecule has 1 saturated carbocycles. The van der Waals surface area contributed by atoms with Gasteiger partial charge in [0.05, 0.1) is 6.10 Å². The highest BCUT2D eigenvalue weighted by atomic mass is 19.4. The molecule has 0 bridgehead atoms. The Kier molecular flexibility index (Phi) is 3.38. The fourth-order valence-corrected chi connectivity index (χ4v) is 1.46. The third kappa shape index (κ3) is 3.15. The normalized spacial score (nSPS) is 15.2. The van der Waals surface area contributed by atoms with Gasteiger partial charge in [0.25, 0.3) is 5.91 Å². The third-order valence-corrected chi connectivity index (χ3v) is 2.57. The molecule has 0 aromatic carbocycles. The number of alkyl halides is 3. The molecule has 0 spiro atoms. The summed E-state index contributed by atoms with van der Waals surface area (Å²) in [6.07, 6.45) is -3.32. The number of ether oxygens (including phenoxy) is 1. The van der Waals surface area contributed by atoms with Gasteiger partial charge in [-0.2, -0.15) is 13.2 Å². The number of rotatable bonds is 3. The maximum atomic E-state index is 12.9. The van der Waals surface area contributed by atoms with Crippen molar-refractivity contribution in [3.63, 3.8) is 0 Å². The van der Waals surface area contributed by atoms with E-state index in [-0.39, 0.29) is 17.5 Å². The molecule has 104 valence electrons. The number of halogens is 3. The second-order valence-corrected chi connectivity index (χ2v) is 4.56. The number of hydrogen-bond acceptors (Lipinski definition) is 3. The van der Waals surface area contributed by atoms with Gasteiger partial charge in [-0.1, -0.05) is 0 Å². The third-order valence-electron chi connectivity index (χ3n) is 2.57. The van der Waals surface area contributed by atoms with Crippen LogP contribution >= 0.6 is 0 Å². The summed E-state index contributed by atoms with van der Waals surface area (Å²) in [6.45, 7) is 0. The van der Waals surface area contributed by atoms with E-state index in [1.165, 1.54) is 25.1 Å². The fourth-order valence-electron chi connectivity index (χ4n) is 1.46. The predicted molar refractivity (Wildman–Crippen MR) is 60.9 cm³/mol. The van der Waals surface area contributed by atoms with E-state index >= 15 is 0 Å². The minimum Gasteiger partial charge on any atom is -0.488 e. The molecule has 1 fully saturated rings. The maximum absolute atomic E-state index is 12.9. The molecule has 0 unspecified atom stereocenters. The van der Waals surface area contributed by atoms with Crippen molar-refractivity contribution < 1.29 is 22.7 Å². The highest BCUT2D eigenvalue weighted by Crippen LogP contribution is 2.37. The lowest BCUT2D eigenvalue weighted by Gasteiger charge is -2.15. The Morgan fingerprint density at radius 2 is 2.00 bits per heavy atom. The number of pyridine rings is 1. The number of aromatic nitrogens is 1. The number of amides is 1. The van der Waals surface area contributed by atoms with Gasteiger partial charge in [0, 0.05) is 14.1 Å². The van der Waals surface area contributed by atoms with Crippen LogP contribution in [0.1, 0.15) is 29.0 Å². The van der Waals surface area contributed by atoms with Crippen molar-refractivity contribution in [2.24, 2.45) is 0 Å². The first-order valence-electron chi connectivity index (χ1n) is 5.75. The molecular weight excluding hydrogens is 261 g/mol. The fraction of sp³-hybridized carbons (Fsp3) is 0.500. The zero-order chi connectivity index (χ0) is 14.2.